The van der Waals surface area contributed by atoms with Gasteiger partial charge in [-0.1, -0.05) is 0 Å². The molecule has 0 N–H and O–H groups in total. The molecular formula is C18H30N4O. The molecule has 2 fully saturated rings. The van der Waals surface area contributed by atoms with E-state index < -0.39 is 0 Å². The quantitative estimate of drug-likeness (QED) is 0.793. The molecule has 2 aliphatic heterocycles. The molecular weight excluding hydrogens is 288 g/mol. The summed E-state index contributed by atoms with van der Waals surface area (Å²) in [6.45, 7) is 12.5. The number of aryl methyl sites for hydroxylation is 1. The Bertz CT molecular complexity index is 488. The lowest BCUT2D eigenvalue weighted by molar-refractivity contribution is 0.155. The van der Waals surface area contributed by atoms with E-state index >= 15 is 0 Å². The van der Waals surface area contributed by atoms with E-state index in [4.69, 9.17) is 4.74 Å². The highest BCUT2D eigenvalue weighted by molar-refractivity contribution is 5.51. The van der Waals surface area contributed by atoms with Gasteiger partial charge in [0, 0.05) is 71.0 Å². The molecule has 3 rings (SSSR count). The predicted molar refractivity (Wildman–Crippen MR) is 94.1 cm³/mol. The van der Waals surface area contributed by atoms with Crippen LogP contribution in [0.15, 0.2) is 18.5 Å². The fourth-order valence-corrected chi connectivity index (χ4v) is 3.84. The van der Waals surface area contributed by atoms with Crippen molar-refractivity contribution in [1.82, 2.24) is 14.8 Å². The molecule has 23 heavy (non-hydrogen) atoms. The first-order valence-corrected chi connectivity index (χ1v) is 8.85. The van der Waals surface area contributed by atoms with Crippen LogP contribution in [0.2, 0.25) is 0 Å². The molecule has 3 heterocycles. The van der Waals surface area contributed by atoms with Crippen molar-refractivity contribution < 1.29 is 4.74 Å². The zero-order chi connectivity index (χ0) is 16.1. The third-order valence-corrected chi connectivity index (χ3v) is 5.20. The molecule has 1 aromatic rings. The molecule has 0 unspecified atom stereocenters. The van der Waals surface area contributed by atoms with E-state index in [9.17, 15) is 0 Å². The number of piperazine rings is 1. The van der Waals surface area contributed by atoms with E-state index in [2.05, 4.69) is 32.7 Å². The van der Waals surface area contributed by atoms with Crippen molar-refractivity contribution in [3.8, 4) is 0 Å². The third-order valence-electron chi connectivity index (χ3n) is 5.20. The Labute approximate surface area is 140 Å². The maximum absolute atomic E-state index is 5.19. The number of nitrogens with zero attached hydrogens (tertiary/aromatic N) is 4. The van der Waals surface area contributed by atoms with Gasteiger partial charge < -0.3 is 14.5 Å². The van der Waals surface area contributed by atoms with Crippen molar-refractivity contribution >= 4 is 5.69 Å². The van der Waals surface area contributed by atoms with Gasteiger partial charge in [-0.3, -0.25) is 9.88 Å². The average molecular weight is 318 g/mol. The first kappa shape index (κ1) is 16.7. The number of pyridine rings is 1. The Kier molecular flexibility index (Phi) is 5.86. The summed E-state index contributed by atoms with van der Waals surface area (Å²) in [5, 5.41) is 0. The zero-order valence-corrected chi connectivity index (χ0v) is 14.6. The highest BCUT2D eigenvalue weighted by Gasteiger charge is 2.26. The number of aromatic nitrogens is 1. The molecule has 2 aliphatic rings. The van der Waals surface area contributed by atoms with E-state index in [0.717, 1.165) is 32.2 Å². The van der Waals surface area contributed by atoms with E-state index in [-0.39, 0.29) is 0 Å². The molecule has 5 nitrogen and oxygen atoms in total. The van der Waals surface area contributed by atoms with Crippen LogP contribution in [-0.2, 0) is 4.74 Å². The molecule has 128 valence electrons. The zero-order valence-electron chi connectivity index (χ0n) is 14.6. The summed E-state index contributed by atoms with van der Waals surface area (Å²) in [6, 6.07) is 2.15. The third kappa shape index (κ3) is 4.43. The Hall–Kier alpha value is -1.17. The summed E-state index contributed by atoms with van der Waals surface area (Å²) in [5.74, 6) is 0.834. The number of anilines is 1. The minimum absolute atomic E-state index is 0.834. The van der Waals surface area contributed by atoms with Crippen molar-refractivity contribution in [2.45, 2.75) is 13.3 Å². The normalized spacial score (nSPS) is 23.6. The van der Waals surface area contributed by atoms with Gasteiger partial charge in [0.2, 0.25) is 0 Å². The summed E-state index contributed by atoms with van der Waals surface area (Å²) in [4.78, 5) is 11.9. The van der Waals surface area contributed by atoms with Crippen molar-refractivity contribution in [3.05, 3.63) is 24.0 Å². The Balaban J connectivity index is 1.42. The second-order valence-corrected chi connectivity index (χ2v) is 6.90. The molecule has 1 atom stereocenters. The van der Waals surface area contributed by atoms with Gasteiger partial charge in [-0.05, 0) is 37.4 Å². The van der Waals surface area contributed by atoms with E-state index in [1.54, 1.807) is 7.11 Å². The van der Waals surface area contributed by atoms with Crippen LogP contribution in [0.3, 0.4) is 0 Å². The fourth-order valence-electron chi connectivity index (χ4n) is 3.84. The average Bonchev–Trinajstić information content (AvgIpc) is 3.02. The van der Waals surface area contributed by atoms with Crippen LogP contribution < -0.4 is 4.90 Å². The van der Waals surface area contributed by atoms with Gasteiger partial charge in [0.1, 0.15) is 0 Å². The van der Waals surface area contributed by atoms with Crippen LogP contribution in [0.1, 0.15) is 12.0 Å². The molecule has 1 aromatic heterocycles. The first-order valence-electron chi connectivity index (χ1n) is 8.85. The van der Waals surface area contributed by atoms with Crippen LogP contribution in [0.5, 0.6) is 0 Å². The number of hydrogen-bond acceptors (Lipinski definition) is 5. The maximum Gasteiger partial charge on any atom is 0.0589 e. The molecule has 0 bridgehead atoms. The second kappa shape index (κ2) is 8.08. The van der Waals surface area contributed by atoms with Crippen LogP contribution in [-0.4, -0.2) is 80.9 Å². The Morgan fingerprint density at radius 1 is 1.17 bits per heavy atom. The highest BCUT2D eigenvalue weighted by Crippen LogP contribution is 2.22. The number of hydrogen-bond donors (Lipinski definition) is 0. The second-order valence-electron chi connectivity index (χ2n) is 6.90. The molecule has 0 spiro atoms. The van der Waals surface area contributed by atoms with Crippen LogP contribution >= 0.6 is 0 Å². The smallest absolute Gasteiger partial charge is 0.0589 e. The maximum atomic E-state index is 5.19. The summed E-state index contributed by atoms with van der Waals surface area (Å²) in [5.41, 5.74) is 2.64. The van der Waals surface area contributed by atoms with Gasteiger partial charge in [-0.15, -0.1) is 0 Å². The van der Waals surface area contributed by atoms with Crippen molar-refractivity contribution in [2.75, 3.05) is 71.0 Å². The van der Waals surface area contributed by atoms with Crippen LogP contribution in [0.25, 0.3) is 0 Å². The number of methoxy groups -OCH3 is 1. The van der Waals surface area contributed by atoms with Crippen molar-refractivity contribution in [3.63, 3.8) is 0 Å². The number of ether oxygens (including phenoxy) is 1. The summed E-state index contributed by atoms with van der Waals surface area (Å²) < 4.78 is 5.19. The minimum atomic E-state index is 0.834. The molecule has 0 aliphatic carbocycles. The Morgan fingerprint density at radius 3 is 2.74 bits per heavy atom. The van der Waals surface area contributed by atoms with Crippen molar-refractivity contribution in [2.24, 2.45) is 5.92 Å². The van der Waals surface area contributed by atoms with E-state index in [1.807, 2.05) is 12.4 Å². The van der Waals surface area contributed by atoms with Gasteiger partial charge in [-0.2, -0.15) is 0 Å². The molecule has 0 amide bonds. The van der Waals surface area contributed by atoms with Gasteiger partial charge >= 0.3 is 0 Å². The monoisotopic (exact) mass is 318 g/mol. The van der Waals surface area contributed by atoms with Crippen LogP contribution in [0.4, 0.5) is 5.69 Å². The number of rotatable bonds is 6. The lowest BCUT2D eigenvalue weighted by Crippen LogP contribution is -2.48. The molecule has 0 saturated carbocycles. The predicted octanol–water partition coefficient (Wildman–Crippen LogP) is 1.48. The highest BCUT2D eigenvalue weighted by atomic mass is 16.5. The fraction of sp³-hybridized carbons (Fsp3) is 0.722. The molecule has 0 aromatic carbocycles. The number of likely N-dealkylation sites (tertiary alicyclic amines) is 1. The Morgan fingerprint density at radius 2 is 2.00 bits per heavy atom. The SMILES string of the molecule is COCCN1CC[C@H](CN2CCN(c3ccncc3C)CC2)C1. The largest absolute Gasteiger partial charge is 0.383 e. The van der Waals surface area contributed by atoms with Gasteiger partial charge in [0.15, 0.2) is 0 Å². The van der Waals surface area contributed by atoms with Gasteiger partial charge in [-0.25, -0.2) is 0 Å². The van der Waals surface area contributed by atoms with Crippen LogP contribution in [0, 0.1) is 12.8 Å². The lowest BCUT2D eigenvalue weighted by atomic mass is 10.1. The van der Waals surface area contributed by atoms with E-state index in [0.29, 0.717) is 0 Å². The summed E-state index contributed by atoms with van der Waals surface area (Å²) in [7, 11) is 1.79. The lowest BCUT2D eigenvalue weighted by Gasteiger charge is -2.37. The van der Waals surface area contributed by atoms with E-state index in [1.165, 1.54) is 50.4 Å². The summed E-state index contributed by atoms with van der Waals surface area (Å²) >= 11 is 0. The van der Waals surface area contributed by atoms with Gasteiger partial charge in [0.25, 0.3) is 0 Å². The van der Waals surface area contributed by atoms with Gasteiger partial charge in [0.05, 0.1) is 6.61 Å². The summed E-state index contributed by atoms with van der Waals surface area (Å²) in [6.07, 6.45) is 5.21. The molecule has 0 radical (unpaired) electrons. The standard InChI is InChI=1S/C18H30N4O/c1-16-13-19-5-3-18(16)22-9-7-21(8-10-22)15-17-4-6-20(14-17)11-12-23-2/h3,5,13,17H,4,6-12,14-15H2,1-2H3/t17-/m0/s1. The topological polar surface area (TPSA) is 31.8 Å². The van der Waals surface area contributed by atoms with Crippen molar-refractivity contribution in [1.29, 1.82) is 0 Å². The first-order chi connectivity index (χ1) is 11.3. The minimum Gasteiger partial charge on any atom is -0.383 e. The molecule has 2 saturated heterocycles. The molecule has 5 heteroatoms.